The summed E-state index contributed by atoms with van der Waals surface area (Å²) in [5, 5.41) is 20.2. The van der Waals surface area contributed by atoms with Gasteiger partial charge in [0.15, 0.2) is 11.8 Å². The van der Waals surface area contributed by atoms with Crippen molar-refractivity contribution in [3.8, 4) is 0 Å². The van der Waals surface area contributed by atoms with E-state index in [2.05, 4.69) is 5.32 Å². The summed E-state index contributed by atoms with van der Waals surface area (Å²) in [7, 11) is 1.38. The van der Waals surface area contributed by atoms with Gasteiger partial charge < -0.3 is 24.8 Å². The summed E-state index contributed by atoms with van der Waals surface area (Å²) in [6, 6.07) is 1.57. The smallest absolute Gasteiger partial charge is 0.328 e. The number of carbonyl (C=O) groups is 3. The summed E-state index contributed by atoms with van der Waals surface area (Å²) in [5.74, 6) is -2.48. The van der Waals surface area contributed by atoms with Gasteiger partial charge in [-0.2, -0.15) is 0 Å². The number of aliphatic carboxylic acids is 1. The molecule has 0 aliphatic heterocycles. The molecule has 1 aromatic rings. The van der Waals surface area contributed by atoms with Crippen LogP contribution in [-0.2, 0) is 9.59 Å². The van der Waals surface area contributed by atoms with Gasteiger partial charge in [-0.25, -0.2) is 4.79 Å². The van der Waals surface area contributed by atoms with Crippen LogP contribution in [0.4, 0.5) is 0 Å². The molecule has 0 aliphatic rings. The number of likely N-dealkylation sites (N-methyl/N-ethyl adjacent to an activating group) is 1. The molecular weight excluding hydrogens is 268 g/mol. The van der Waals surface area contributed by atoms with Crippen LogP contribution in [0.15, 0.2) is 22.8 Å². The van der Waals surface area contributed by atoms with E-state index in [1.165, 1.54) is 32.4 Å². The molecule has 1 aromatic heterocycles. The normalized spacial score (nSPS) is 13.3. The minimum absolute atomic E-state index is 0.0746. The van der Waals surface area contributed by atoms with Crippen molar-refractivity contribution in [2.24, 2.45) is 0 Å². The number of nitrogens with one attached hydrogen (secondary N) is 1. The third-order valence-corrected chi connectivity index (χ3v) is 2.52. The highest BCUT2D eigenvalue weighted by Crippen LogP contribution is 2.04. The van der Waals surface area contributed by atoms with E-state index < -0.39 is 29.9 Å². The first-order valence-electron chi connectivity index (χ1n) is 5.82. The van der Waals surface area contributed by atoms with Crippen LogP contribution in [0.5, 0.6) is 0 Å². The fourth-order valence-electron chi connectivity index (χ4n) is 1.48. The summed E-state index contributed by atoms with van der Waals surface area (Å²) in [6.45, 7) is 0.896. The number of rotatable bonds is 6. The summed E-state index contributed by atoms with van der Waals surface area (Å²) in [4.78, 5) is 35.3. The Kier molecular flexibility index (Phi) is 5.27. The molecule has 0 aliphatic carbocycles. The first-order valence-corrected chi connectivity index (χ1v) is 5.82. The lowest BCUT2D eigenvalue weighted by Gasteiger charge is -2.20. The fraction of sp³-hybridized carbons (Fsp3) is 0.417. The van der Waals surface area contributed by atoms with E-state index in [0.717, 1.165) is 4.90 Å². The van der Waals surface area contributed by atoms with Crippen LogP contribution in [0.1, 0.15) is 17.5 Å². The maximum absolute atomic E-state index is 11.8. The maximum Gasteiger partial charge on any atom is 0.328 e. The van der Waals surface area contributed by atoms with Crippen molar-refractivity contribution in [2.75, 3.05) is 13.6 Å². The van der Waals surface area contributed by atoms with Crippen LogP contribution >= 0.6 is 0 Å². The monoisotopic (exact) mass is 284 g/mol. The highest BCUT2D eigenvalue weighted by Gasteiger charge is 2.26. The van der Waals surface area contributed by atoms with Gasteiger partial charge in [0, 0.05) is 7.05 Å². The van der Waals surface area contributed by atoms with Crippen LogP contribution in [-0.4, -0.2) is 58.6 Å². The van der Waals surface area contributed by atoms with Crippen molar-refractivity contribution in [1.29, 1.82) is 0 Å². The van der Waals surface area contributed by atoms with Gasteiger partial charge in [-0.1, -0.05) is 0 Å². The molecule has 1 heterocycles. The topological polar surface area (TPSA) is 120 Å². The summed E-state index contributed by atoms with van der Waals surface area (Å²) < 4.78 is 4.90. The predicted octanol–water partition coefficient (Wildman–Crippen LogP) is -0.698. The van der Waals surface area contributed by atoms with E-state index in [9.17, 15) is 19.5 Å². The third-order valence-electron chi connectivity index (χ3n) is 2.52. The van der Waals surface area contributed by atoms with Crippen molar-refractivity contribution in [3.05, 3.63) is 24.2 Å². The van der Waals surface area contributed by atoms with Gasteiger partial charge in [0.25, 0.3) is 5.91 Å². The maximum atomic E-state index is 11.8. The Morgan fingerprint density at radius 1 is 1.45 bits per heavy atom. The number of hydrogen-bond donors (Lipinski definition) is 3. The van der Waals surface area contributed by atoms with E-state index >= 15 is 0 Å². The van der Waals surface area contributed by atoms with Crippen molar-refractivity contribution >= 4 is 17.8 Å². The standard InChI is InChI=1S/C12H16N2O6/c1-7(15)10(12(18)19)13-9(16)6-14(2)11(17)8-4-3-5-20-8/h3-5,7,10,15H,6H2,1-2H3,(H,13,16)(H,18,19)/t7-,10+/m1/s1. The molecule has 2 amide bonds. The van der Waals surface area contributed by atoms with E-state index in [1.54, 1.807) is 0 Å². The average molecular weight is 284 g/mol. The Labute approximate surface area is 115 Å². The number of amides is 2. The molecule has 0 aromatic carbocycles. The van der Waals surface area contributed by atoms with E-state index in [1.807, 2.05) is 0 Å². The molecule has 0 saturated heterocycles. The Bertz CT molecular complexity index is 482. The minimum atomic E-state index is -1.42. The molecule has 2 atom stereocenters. The highest BCUT2D eigenvalue weighted by atomic mass is 16.4. The molecule has 110 valence electrons. The molecule has 8 heteroatoms. The van der Waals surface area contributed by atoms with Crippen molar-refractivity contribution in [3.63, 3.8) is 0 Å². The second-order valence-corrected chi connectivity index (χ2v) is 4.26. The Morgan fingerprint density at radius 2 is 2.10 bits per heavy atom. The number of carboxylic acid groups (broad SMARTS) is 1. The van der Waals surface area contributed by atoms with Gasteiger partial charge in [-0.3, -0.25) is 9.59 Å². The van der Waals surface area contributed by atoms with E-state index in [0.29, 0.717) is 0 Å². The van der Waals surface area contributed by atoms with Crippen LogP contribution in [0, 0.1) is 0 Å². The van der Waals surface area contributed by atoms with Crippen LogP contribution in [0.2, 0.25) is 0 Å². The quantitative estimate of drug-likeness (QED) is 0.635. The van der Waals surface area contributed by atoms with Gasteiger partial charge in [-0.05, 0) is 19.1 Å². The Morgan fingerprint density at radius 3 is 2.55 bits per heavy atom. The molecule has 0 bridgehead atoms. The zero-order valence-corrected chi connectivity index (χ0v) is 11.1. The van der Waals surface area contributed by atoms with E-state index in [4.69, 9.17) is 9.52 Å². The number of hydrogen-bond acceptors (Lipinski definition) is 5. The molecule has 0 fully saturated rings. The summed E-state index contributed by atoms with van der Waals surface area (Å²) in [5.41, 5.74) is 0. The summed E-state index contributed by atoms with van der Waals surface area (Å²) >= 11 is 0. The first-order chi connectivity index (χ1) is 9.32. The SMILES string of the molecule is C[C@@H](O)[C@H](NC(=O)CN(C)C(=O)c1ccco1)C(=O)O. The molecule has 0 unspecified atom stereocenters. The molecule has 0 saturated carbocycles. The fourth-order valence-corrected chi connectivity index (χ4v) is 1.48. The van der Waals surface area contributed by atoms with Gasteiger partial charge in [0.05, 0.1) is 18.9 Å². The minimum Gasteiger partial charge on any atom is -0.480 e. The zero-order valence-electron chi connectivity index (χ0n) is 11.1. The van der Waals surface area contributed by atoms with Crippen molar-refractivity contribution < 1.29 is 29.0 Å². The number of aliphatic hydroxyl groups excluding tert-OH is 1. The zero-order chi connectivity index (χ0) is 15.3. The number of carboxylic acids is 1. The van der Waals surface area contributed by atoms with Gasteiger partial charge in [-0.15, -0.1) is 0 Å². The van der Waals surface area contributed by atoms with Crippen LogP contribution in [0.25, 0.3) is 0 Å². The molecular formula is C12H16N2O6. The van der Waals surface area contributed by atoms with E-state index in [-0.39, 0.29) is 12.3 Å². The highest BCUT2D eigenvalue weighted by molar-refractivity contribution is 5.94. The Hall–Kier alpha value is -2.35. The lowest BCUT2D eigenvalue weighted by atomic mass is 10.2. The van der Waals surface area contributed by atoms with Crippen LogP contribution < -0.4 is 5.32 Å². The Balaban J connectivity index is 2.57. The lowest BCUT2D eigenvalue weighted by molar-refractivity contribution is -0.144. The third kappa shape index (κ3) is 4.09. The molecule has 20 heavy (non-hydrogen) atoms. The lowest BCUT2D eigenvalue weighted by Crippen LogP contribution is -2.50. The second kappa shape index (κ2) is 6.71. The van der Waals surface area contributed by atoms with Crippen molar-refractivity contribution in [1.82, 2.24) is 10.2 Å². The predicted molar refractivity (Wildman–Crippen MR) is 66.9 cm³/mol. The number of nitrogens with zero attached hydrogens (tertiary/aromatic N) is 1. The summed E-state index contributed by atoms with van der Waals surface area (Å²) in [6.07, 6.45) is 0.0808. The molecule has 0 radical (unpaired) electrons. The van der Waals surface area contributed by atoms with Gasteiger partial charge in [0.1, 0.15) is 0 Å². The first kappa shape index (κ1) is 15.7. The molecule has 1 rings (SSSR count). The molecule has 3 N–H and O–H groups in total. The average Bonchev–Trinajstić information content (AvgIpc) is 2.87. The van der Waals surface area contributed by atoms with Crippen LogP contribution in [0.3, 0.4) is 0 Å². The molecule has 8 nitrogen and oxygen atoms in total. The van der Waals surface area contributed by atoms with Gasteiger partial charge >= 0.3 is 5.97 Å². The number of aliphatic hydroxyl groups is 1. The van der Waals surface area contributed by atoms with Gasteiger partial charge in [0.2, 0.25) is 5.91 Å². The van der Waals surface area contributed by atoms with Crippen molar-refractivity contribution in [2.45, 2.75) is 19.1 Å². The largest absolute Gasteiger partial charge is 0.480 e. The molecule has 0 spiro atoms. The second-order valence-electron chi connectivity index (χ2n) is 4.26. The number of carbonyl (C=O) groups excluding carboxylic acids is 2. The number of furan rings is 1.